The molecule has 0 bridgehead atoms. The monoisotopic (exact) mass is 370 g/mol. The van der Waals surface area contributed by atoms with Crippen LogP contribution < -0.4 is 9.47 Å². The fraction of sp³-hybridized carbons (Fsp3) is 0.421. The van der Waals surface area contributed by atoms with Gasteiger partial charge in [-0.15, -0.1) is 0 Å². The molecule has 7 heteroatoms. The van der Waals surface area contributed by atoms with Gasteiger partial charge in [-0.05, 0) is 48.4 Å². The van der Waals surface area contributed by atoms with Crippen molar-refractivity contribution in [3.05, 3.63) is 36.4 Å². The maximum Gasteiger partial charge on any atom is 0.420 e. The van der Waals surface area contributed by atoms with Crippen LogP contribution in [0.1, 0.15) is 27.2 Å². The van der Waals surface area contributed by atoms with Crippen LogP contribution in [0.4, 0.5) is 13.2 Å². The molecule has 2 atom stereocenters. The summed E-state index contributed by atoms with van der Waals surface area (Å²) < 4.78 is 48.3. The lowest BCUT2D eigenvalue weighted by Crippen LogP contribution is -2.47. The van der Waals surface area contributed by atoms with Gasteiger partial charge in [0.25, 0.3) is 0 Å². The van der Waals surface area contributed by atoms with Crippen LogP contribution in [0.25, 0.3) is 10.8 Å². The lowest BCUT2D eigenvalue weighted by molar-refractivity contribution is -0.260. The van der Waals surface area contributed by atoms with Gasteiger partial charge in [0.1, 0.15) is 18.1 Å². The van der Waals surface area contributed by atoms with Gasteiger partial charge in [0.15, 0.2) is 5.60 Å². The van der Waals surface area contributed by atoms with Gasteiger partial charge >= 0.3 is 12.1 Å². The van der Waals surface area contributed by atoms with Gasteiger partial charge in [0.05, 0.1) is 5.92 Å². The van der Waals surface area contributed by atoms with Crippen LogP contribution in [0, 0.1) is 5.92 Å². The van der Waals surface area contributed by atoms with Crippen LogP contribution >= 0.6 is 0 Å². The summed E-state index contributed by atoms with van der Waals surface area (Å²) in [4.78, 5) is 11.8. The summed E-state index contributed by atoms with van der Waals surface area (Å²) in [7, 11) is 0. The summed E-state index contributed by atoms with van der Waals surface area (Å²) in [5.74, 6) is 0.0759. The van der Waals surface area contributed by atoms with Crippen molar-refractivity contribution in [1.29, 1.82) is 0 Å². The second-order valence-corrected chi connectivity index (χ2v) is 6.46. The molecule has 4 nitrogen and oxygen atoms in total. The Labute approximate surface area is 149 Å². The summed E-state index contributed by atoms with van der Waals surface area (Å²) >= 11 is 0. The minimum absolute atomic E-state index is 0.200. The summed E-state index contributed by atoms with van der Waals surface area (Å²) in [6, 6.07) is 9.66. The van der Waals surface area contributed by atoms with Crippen molar-refractivity contribution in [2.24, 2.45) is 5.92 Å². The summed E-state index contributed by atoms with van der Waals surface area (Å²) in [5.41, 5.74) is -2.93. The Balaban J connectivity index is 2.12. The van der Waals surface area contributed by atoms with E-state index in [1.54, 1.807) is 37.3 Å². The van der Waals surface area contributed by atoms with Crippen LogP contribution in [-0.4, -0.2) is 29.5 Å². The number of carbonyl (C=O) groups excluding carboxylic acids is 1. The van der Waals surface area contributed by atoms with E-state index >= 15 is 0 Å². The van der Waals surface area contributed by atoms with E-state index in [1.165, 1.54) is 6.07 Å². The standard InChI is InChI=1S/C19H21F3O4/c1-4-12(2)17(23)26-16-8-6-13-9-15(7-5-14(13)10-16)25-11-18(3,24)19(20,21)22/h5-10,12,24H,4,11H2,1-3H3. The molecule has 2 aromatic rings. The number of hydrogen-bond acceptors (Lipinski definition) is 4. The number of ether oxygens (including phenoxy) is 2. The van der Waals surface area contributed by atoms with Crippen LogP contribution in [0.2, 0.25) is 0 Å². The molecule has 0 spiro atoms. The van der Waals surface area contributed by atoms with E-state index < -0.39 is 18.4 Å². The van der Waals surface area contributed by atoms with Gasteiger partial charge in [-0.2, -0.15) is 13.2 Å². The van der Waals surface area contributed by atoms with Crippen LogP contribution in [0.15, 0.2) is 36.4 Å². The zero-order valence-electron chi connectivity index (χ0n) is 14.8. The zero-order valence-corrected chi connectivity index (χ0v) is 14.8. The van der Waals surface area contributed by atoms with Crippen LogP contribution in [0.3, 0.4) is 0 Å². The lowest BCUT2D eigenvalue weighted by Gasteiger charge is -2.26. The van der Waals surface area contributed by atoms with E-state index in [-0.39, 0.29) is 17.6 Å². The number of rotatable bonds is 6. The van der Waals surface area contributed by atoms with Gasteiger partial charge in [-0.25, -0.2) is 0 Å². The van der Waals surface area contributed by atoms with Crippen molar-refractivity contribution in [3.8, 4) is 11.5 Å². The minimum Gasteiger partial charge on any atom is -0.490 e. The van der Waals surface area contributed by atoms with Gasteiger partial charge in [0.2, 0.25) is 0 Å². The maximum atomic E-state index is 12.6. The van der Waals surface area contributed by atoms with Crippen LogP contribution in [0.5, 0.6) is 11.5 Å². The van der Waals surface area contributed by atoms with Crippen molar-refractivity contribution >= 4 is 16.7 Å². The quantitative estimate of drug-likeness (QED) is 0.602. The average molecular weight is 370 g/mol. The van der Waals surface area contributed by atoms with Crippen LogP contribution in [-0.2, 0) is 4.79 Å². The summed E-state index contributed by atoms with van der Waals surface area (Å²) in [6.45, 7) is 3.42. The second-order valence-electron chi connectivity index (χ2n) is 6.46. The lowest BCUT2D eigenvalue weighted by atomic mass is 10.1. The number of benzene rings is 2. The molecule has 0 aromatic heterocycles. The highest BCUT2D eigenvalue weighted by atomic mass is 19.4. The first-order valence-corrected chi connectivity index (χ1v) is 8.21. The number of esters is 1. The van der Waals surface area contributed by atoms with Crippen molar-refractivity contribution < 1.29 is 32.5 Å². The normalized spacial score (nSPS) is 15.3. The fourth-order valence-electron chi connectivity index (χ4n) is 2.04. The molecule has 1 N–H and O–H groups in total. The molecule has 2 rings (SSSR count). The SMILES string of the molecule is CCC(C)C(=O)Oc1ccc2cc(OCC(C)(O)C(F)(F)F)ccc2c1. The maximum absolute atomic E-state index is 12.6. The Bertz CT molecular complexity index is 784. The summed E-state index contributed by atoms with van der Waals surface area (Å²) in [5, 5.41) is 10.9. The third-order valence-electron chi connectivity index (χ3n) is 4.15. The number of aliphatic hydroxyl groups is 1. The molecule has 0 aliphatic carbocycles. The summed E-state index contributed by atoms with van der Waals surface area (Å²) in [6.07, 6.45) is -4.10. The minimum atomic E-state index is -4.78. The molecule has 0 saturated heterocycles. The number of halogens is 3. The van der Waals surface area contributed by atoms with E-state index in [1.807, 2.05) is 6.92 Å². The van der Waals surface area contributed by atoms with Crippen molar-refractivity contribution in [2.45, 2.75) is 39.0 Å². The van der Waals surface area contributed by atoms with Gasteiger partial charge in [0, 0.05) is 0 Å². The molecule has 0 aliphatic heterocycles. The van der Waals surface area contributed by atoms with E-state index in [0.29, 0.717) is 24.5 Å². The Morgan fingerprint density at radius 2 is 1.65 bits per heavy atom. The predicted molar refractivity (Wildman–Crippen MR) is 91.2 cm³/mol. The molecule has 0 saturated carbocycles. The predicted octanol–water partition coefficient (Wildman–Crippen LogP) is 4.48. The Morgan fingerprint density at radius 3 is 2.19 bits per heavy atom. The van der Waals surface area contributed by atoms with E-state index in [2.05, 4.69) is 0 Å². The largest absolute Gasteiger partial charge is 0.490 e. The first kappa shape index (κ1) is 20.0. The molecule has 0 radical (unpaired) electrons. The van der Waals surface area contributed by atoms with Gasteiger partial charge < -0.3 is 14.6 Å². The third-order valence-corrected chi connectivity index (χ3v) is 4.15. The highest BCUT2D eigenvalue weighted by Crippen LogP contribution is 2.31. The molecule has 0 fully saturated rings. The second kappa shape index (κ2) is 7.53. The highest BCUT2D eigenvalue weighted by molar-refractivity contribution is 5.86. The molecule has 142 valence electrons. The van der Waals surface area contributed by atoms with Gasteiger partial charge in [-0.3, -0.25) is 4.79 Å². The number of carbonyl (C=O) groups is 1. The Hall–Kier alpha value is -2.28. The number of alkyl halides is 3. The fourth-order valence-corrected chi connectivity index (χ4v) is 2.04. The molecule has 2 unspecified atom stereocenters. The topological polar surface area (TPSA) is 55.8 Å². The molecule has 2 aromatic carbocycles. The van der Waals surface area contributed by atoms with E-state index in [0.717, 1.165) is 5.39 Å². The Kier molecular flexibility index (Phi) is 5.81. The molecule has 0 aliphatic rings. The molecular weight excluding hydrogens is 349 g/mol. The molecular formula is C19H21F3O4. The van der Waals surface area contributed by atoms with Crippen molar-refractivity contribution in [2.75, 3.05) is 6.61 Å². The first-order chi connectivity index (χ1) is 12.0. The van der Waals surface area contributed by atoms with E-state index in [9.17, 15) is 23.1 Å². The third kappa shape index (κ3) is 4.66. The van der Waals surface area contributed by atoms with Gasteiger partial charge in [-0.1, -0.05) is 26.0 Å². The number of fused-ring (bicyclic) bond motifs is 1. The average Bonchev–Trinajstić information content (AvgIpc) is 2.58. The molecule has 0 amide bonds. The number of hydrogen-bond donors (Lipinski definition) is 1. The van der Waals surface area contributed by atoms with Crippen molar-refractivity contribution in [1.82, 2.24) is 0 Å². The smallest absolute Gasteiger partial charge is 0.420 e. The first-order valence-electron chi connectivity index (χ1n) is 8.21. The molecule has 26 heavy (non-hydrogen) atoms. The van der Waals surface area contributed by atoms with Crippen molar-refractivity contribution in [3.63, 3.8) is 0 Å². The Morgan fingerprint density at radius 1 is 1.12 bits per heavy atom. The molecule has 0 heterocycles. The zero-order chi connectivity index (χ0) is 19.5. The highest BCUT2D eigenvalue weighted by Gasteiger charge is 2.50. The van der Waals surface area contributed by atoms with E-state index in [4.69, 9.17) is 9.47 Å².